The number of halogens is 1. The van der Waals surface area contributed by atoms with E-state index < -0.39 is 0 Å². The minimum Gasteiger partial charge on any atom is -0.327 e. The Hall–Kier alpha value is 0.140. The van der Waals surface area contributed by atoms with Gasteiger partial charge in [0.25, 0.3) is 0 Å². The van der Waals surface area contributed by atoms with Crippen molar-refractivity contribution in [3.63, 3.8) is 0 Å². The predicted molar refractivity (Wildman–Crippen MR) is 61.3 cm³/mol. The van der Waals surface area contributed by atoms with Crippen molar-refractivity contribution in [2.45, 2.75) is 38.1 Å². The van der Waals surface area contributed by atoms with Gasteiger partial charge in [-0.1, -0.05) is 0 Å². The summed E-state index contributed by atoms with van der Waals surface area (Å²) >= 11 is 5.50. The fourth-order valence-corrected chi connectivity index (χ4v) is 4.23. The maximum Gasteiger partial charge on any atom is 0.0323 e. The van der Waals surface area contributed by atoms with E-state index in [0.29, 0.717) is 5.41 Å². The molecule has 1 saturated carbocycles. The minimum atomic E-state index is 0.279. The first-order chi connectivity index (χ1) is 6.06. The number of thiophene rings is 1. The molecule has 0 bridgehead atoms. The highest BCUT2D eigenvalue weighted by Gasteiger charge is 2.49. The van der Waals surface area contributed by atoms with Crippen LogP contribution in [0.2, 0.25) is 0 Å². The normalized spacial score (nSPS) is 21.5. The smallest absolute Gasteiger partial charge is 0.0323 e. The molecule has 1 aliphatic carbocycles. The van der Waals surface area contributed by atoms with Crippen molar-refractivity contribution in [3.8, 4) is 0 Å². The molecule has 3 heteroatoms. The number of nitrogens with two attached hydrogens (primary N) is 1. The summed E-state index contributed by atoms with van der Waals surface area (Å²) in [5.74, 6) is 0. The van der Waals surface area contributed by atoms with E-state index in [9.17, 15) is 0 Å². The van der Waals surface area contributed by atoms with E-state index in [2.05, 4.69) is 35.8 Å². The van der Waals surface area contributed by atoms with Gasteiger partial charge >= 0.3 is 0 Å². The summed E-state index contributed by atoms with van der Waals surface area (Å²) in [7, 11) is 0. The zero-order valence-corrected chi connectivity index (χ0v) is 10.3. The molecule has 72 valence electrons. The van der Waals surface area contributed by atoms with Gasteiger partial charge in [0, 0.05) is 25.7 Å². The lowest BCUT2D eigenvalue weighted by molar-refractivity contribution is 0.564. The van der Waals surface area contributed by atoms with Crippen molar-refractivity contribution in [3.05, 3.63) is 20.3 Å². The predicted octanol–water partition coefficient (Wildman–Crippen LogP) is 3.20. The van der Waals surface area contributed by atoms with E-state index >= 15 is 0 Å². The van der Waals surface area contributed by atoms with Gasteiger partial charge in [-0.2, -0.15) is 0 Å². The Morgan fingerprint density at radius 2 is 2.23 bits per heavy atom. The van der Waals surface area contributed by atoms with Gasteiger partial charge in [-0.3, -0.25) is 0 Å². The quantitative estimate of drug-likeness (QED) is 0.868. The van der Waals surface area contributed by atoms with Gasteiger partial charge in [0.05, 0.1) is 0 Å². The Bertz CT molecular complexity index is 326. The summed E-state index contributed by atoms with van der Waals surface area (Å²) in [6, 6.07) is 2.48. The van der Waals surface area contributed by atoms with Gasteiger partial charge in [0.15, 0.2) is 0 Å². The maximum atomic E-state index is 6.03. The number of rotatable bonds is 2. The standard InChI is InChI=1S/C10H14BrNS/c1-6-5-8(11)9(13-6)10(3-4-10)7(2)12/h5,7H,3-4,12H2,1-2H3. The lowest BCUT2D eigenvalue weighted by Crippen LogP contribution is -2.31. The Balaban J connectivity index is 2.40. The van der Waals surface area contributed by atoms with E-state index in [1.54, 1.807) is 0 Å². The van der Waals surface area contributed by atoms with Crippen molar-refractivity contribution in [2.24, 2.45) is 5.73 Å². The van der Waals surface area contributed by atoms with Gasteiger partial charge in [0.1, 0.15) is 0 Å². The third-order valence-electron chi connectivity index (χ3n) is 2.92. The number of hydrogen-bond donors (Lipinski definition) is 1. The van der Waals surface area contributed by atoms with Crippen molar-refractivity contribution in [2.75, 3.05) is 0 Å². The van der Waals surface area contributed by atoms with E-state index in [-0.39, 0.29) is 6.04 Å². The van der Waals surface area contributed by atoms with Crippen LogP contribution in [-0.2, 0) is 5.41 Å². The molecule has 0 radical (unpaired) electrons. The van der Waals surface area contributed by atoms with Crippen LogP contribution in [0.5, 0.6) is 0 Å². The molecule has 0 aromatic carbocycles. The molecule has 1 heterocycles. The zero-order valence-electron chi connectivity index (χ0n) is 7.93. The SMILES string of the molecule is Cc1cc(Br)c(C2(C(C)N)CC2)s1. The van der Waals surface area contributed by atoms with Crippen LogP contribution in [0.15, 0.2) is 10.5 Å². The molecule has 1 aromatic rings. The fraction of sp³-hybridized carbons (Fsp3) is 0.600. The maximum absolute atomic E-state index is 6.03. The number of aryl methyl sites for hydroxylation is 1. The second-order valence-electron chi connectivity index (χ2n) is 3.98. The van der Waals surface area contributed by atoms with E-state index in [1.807, 2.05) is 11.3 Å². The van der Waals surface area contributed by atoms with Gasteiger partial charge in [-0.15, -0.1) is 11.3 Å². The van der Waals surface area contributed by atoms with E-state index in [4.69, 9.17) is 5.73 Å². The molecular weight excluding hydrogens is 246 g/mol. The largest absolute Gasteiger partial charge is 0.327 e. The summed E-state index contributed by atoms with van der Waals surface area (Å²) < 4.78 is 1.25. The van der Waals surface area contributed by atoms with Crippen LogP contribution < -0.4 is 5.73 Å². The fourth-order valence-electron chi connectivity index (χ4n) is 1.85. The highest BCUT2D eigenvalue weighted by molar-refractivity contribution is 9.10. The van der Waals surface area contributed by atoms with Gasteiger partial charge in [-0.05, 0) is 48.7 Å². The molecule has 13 heavy (non-hydrogen) atoms. The third kappa shape index (κ3) is 1.47. The van der Waals surface area contributed by atoms with E-state index in [0.717, 1.165) is 0 Å². The molecular formula is C10H14BrNS. The molecule has 0 amide bonds. The van der Waals surface area contributed by atoms with Crippen molar-refractivity contribution in [1.29, 1.82) is 0 Å². The van der Waals surface area contributed by atoms with E-state index in [1.165, 1.54) is 27.1 Å². The monoisotopic (exact) mass is 259 g/mol. The second-order valence-corrected chi connectivity index (χ2v) is 6.09. The average Bonchev–Trinajstić information content (AvgIpc) is 2.75. The van der Waals surface area contributed by atoms with Crippen LogP contribution in [0.3, 0.4) is 0 Å². The second kappa shape index (κ2) is 3.07. The van der Waals surface area contributed by atoms with Crippen LogP contribution in [0.4, 0.5) is 0 Å². The molecule has 1 aromatic heterocycles. The van der Waals surface area contributed by atoms with Gasteiger partial charge in [-0.25, -0.2) is 0 Å². The molecule has 1 aliphatic rings. The summed E-state index contributed by atoms with van der Waals surface area (Å²) in [6.45, 7) is 4.27. The molecule has 1 nitrogen and oxygen atoms in total. The lowest BCUT2D eigenvalue weighted by Gasteiger charge is -2.18. The summed E-state index contributed by atoms with van der Waals surface area (Å²) in [5.41, 5.74) is 6.33. The Morgan fingerprint density at radius 3 is 2.54 bits per heavy atom. The Kier molecular flexibility index (Phi) is 2.29. The first-order valence-corrected chi connectivity index (χ1v) is 6.19. The topological polar surface area (TPSA) is 26.0 Å². The van der Waals surface area contributed by atoms with Crippen LogP contribution in [0, 0.1) is 6.92 Å². The minimum absolute atomic E-state index is 0.279. The summed E-state index contributed by atoms with van der Waals surface area (Å²) in [5, 5.41) is 0. The van der Waals surface area contributed by atoms with Crippen LogP contribution >= 0.6 is 27.3 Å². The van der Waals surface area contributed by atoms with Crippen molar-refractivity contribution in [1.82, 2.24) is 0 Å². The number of hydrogen-bond acceptors (Lipinski definition) is 2. The first-order valence-electron chi connectivity index (χ1n) is 4.58. The van der Waals surface area contributed by atoms with Crippen molar-refractivity contribution < 1.29 is 0 Å². The average molecular weight is 260 g/mol. The molecule has 0 saturated heterocycles. The molecule has 1 atom stereocenters. The van der Waals surface area contributed by atoms with Crippen molar-refractivity contribution >= 4 is 27.3 Å². The molecule has 0 aliphatic heterocycles. The Labute approximate surface area is 91.5 Å². The zero-order chi connectivity index (χ0) is 9.64. The Morgan fingerprint density at radius 1 is 1.62 bits per heavy atom. The van der Waals surface area contributed by atoms with Crippen LogP contribution in [0.25, 0.3) is 0 Å². The van der Waals surface area contributed by atoms with Crippen LogP contribution in [0.1, 0.15) is 29.5 Å². The molecule has 1 fully saturated rings. The molecule has 1 unspecified atom stereocenters. The lowest BCUT2D eigenvalue weighted by atomic mass is 9.97. The summed E-state index contributed by atoms with van der Waals surface area (Å²) in [6.07, 6.45) is 2.51. The van der Waals surface area contributed by atoms with Gasteiger partial charge in [0.2, 0.25) is 0 Å². The highest BCUT2D eigenvalue weighted by atomic mass is 79.9. The third-order valence-corrected chi connectivity index (χ3v) is 5.08. The molecule has 2 rings (SSSR count). The summed E-state index contributed by atoms with van der Waals surface area (Å²) in [4.78, 5) is 2.83. The van der Waals surface area contributed by atoms with Crippen LogP contribution in [-0.4, -0.2) is 6.04 Å². The first kappa shape index (κ1) is 9.69. The molecule has 0 spiro atoms. The highest BCUT2D eigenvalue weighted by Crippen LogP contribution is 2.54. The van der Waals surface area contributed by atoms with Gasteiger partial charge < -0.3 is 5.73 Å². The molecule has 2 N–H and O–H groups in total.